The van der Waals surface area contributed by atoms with Gasteiger partial charge in [-0.25, -0.2) is 4.98 Å². The van der Waals surface area contributed by atoms with Crippen LogP contribution in [-0.2, 0) is 0 Å². The fourth-order valence-electron chi connectivity index (χ4n) is 1.39. The first kappa shape index (κ1) is 11.9. The number of alkyl halides is 1. The van der Waals surface area contributed by atoms with Crippen molar-refractivity contribution in [2.24, 2.45) is 0 Å². The van der Waals surface area contributed by atoms with Gasteiger partial charge < -0.3 is 5.11 Å². The van der Waals surface area contributed by atoms with Crippen molar-refractivity contribution < 1.29 is 5.11 Å². The molecular weight excluding hydrogens is 256 g/mol. The van der Waals surface area contributed by atoms with Crippen LogP contribution in [0.25, 0.3) is 15.8 Å². The molecule has 0 bridgehead atoms. The Hall–Kier alpha value is -1.57. The lowest BCUT2D eigenvalue weighted by molar-refractivity contribution is 0.400. The number of fused-ring (bicyclic) bond motifs is 1. The number of nitriles is 1. The SMILES string of the molecule is C[C@H](Cl)C(O)=C(C#N)c1nc2ccccc2s1. The van der Waals surface area contributed by atoms with Crippen LogP contribution >= 0.6 is 22.9 Å². The molecule has 2 rings (SSSR count). The molecule has 17 heavy (non-hydrogen) atoms. The molecule has 1 N–H and O–H groups in total. The summed E-state index contributed by atoms with van der Waals surface area (Å²) in [6, 6.07) is 9.53. The van der Waals surface area contributed by atoms with Crippen molar-refractivity contribution in [3.8, 4) is 6.07 Å². The third-order valence-corrected chi connectivity index (χ3v) is 3.51. The molecule has 0 aliphatic carbocycles. The molecule has 0 fully saturated rings. The highest BCUT2D eigenvalue weighted by molar-refractivity contribution is 7.19. The minimum atomic E-state index is -0.600. The monoisotopic (exact) mass is 264 g/mol. The number of allylic oxidation sites excluding steroid dienone is 2. The van der Waals surface area contributed by atoms with Gasteiger partial charge in [0.2, 0.25) is 0 Å². The molecule has 3 nitrogen and oxygen atoms in total. The normalized spacial score (nSPS) is 14.2. The molecule has 0 aliphatic heterocycles. The highest BCUT2D eigenvalue weighted by Gasteiger charge is 2.16. The molecule has 0 unspecified atom stereocenters. The number of thiazole rings is 1. The highest BCUT2D eigenvalue weighted by Crippen LogP contribution is 2.29. The Morgan fingerprint density at radius 1 is 1.53 bits per heavy atom. The summed E-state index contributed by atoms with van der Waals surface area (Å²) in [4.78, 5) is 4.31. The van der Waals surface area contributed by atoms with E-state index in [9.17, 15) is 5.11 Å². The Morgan fingerprint density at radius 3 is 2.82 bits per heavy atom. The second-order valence-corrected chi connectivity index (χ2v) is 5.16. The van der Waals surface area contributed by atoms with Gasteiger partial charge >= 0.3 is 0 Å². The van der Waals surface area contributed by atoms with Crippen molar-refractivity contribution in [1.82, 2.24) is 4.98 Å². The minimum absolute atomic E-state index is 0.131. The Labute approximate surface area is 108 Å². The number of aliphatic hydroxyl groups excluding tert-OH is 1. The van der Waals surface area contributed by atoms with E-state index in [2.05, 4.69) is 4.98 Å². The molecule has 0 amide bonds. The summed E-state index contributed by atoms with van der Waals surface area (Å²) < 4.78 is 0.977. The van der Waals surface area contributed by atoms with Crippen LogP contribution in [0.3, 0.4) is 0 Å². The predicted octanol–water partition coefficient (Wildman–Crippen LogP) is 3.72. The average molecular weight is 265 g/mol. The van der Waals surface area contributed by atoms with Gasteiger partial charge in [0.05, 0.1) is 15.6 Å². The van der Waals surface area contributed by atoms with E-state index < -0.39 is 5.38 Å². The fourth-order valence-corrected chi connectivity index (χ4v) is 2.47. The van der Waals surface area contributed by atoms with Crippen LogP contribution in [-0.4, -0.2) is 15.5 Å². The standard InChI is InChI=1S/C12H9ClN2OS/c1-7(13)11(16)8(6-14)12-15-9-4-2-3-5-10(9)17-12/h2-5,7,16H,1H3/t7-/m0/s1. The smallest absolute Gasteiger partial charge is 0.138 e. The third-order valence-electron chi connectivity index (χ3n) is 2.25. The molecule has 0 spiro atoms. The van der Waals surface area contributed by atoms with Crippen LogP contribution in [0, 0.1) is 11.3 Å². The second kappa shape index (κ2) is 4.74. The summed E-state index contributed by atoms with van der Waals surface area (Å²) in [5, 5.41) is 18.7. The van der Waals surface area contributed by atoms with Gasteiger partial charge in [0.1, 0.15) is 22.4 Å². The topological polar surface area (TPSA) is 56.9 Å². The van der Waals surface area contributed by atoms with Gasteiger partial charge in [0, 0.05) is 0 Å². The van der Waals surface area contributed by atoms with Crippen molar-refractivity contribution in [1.29, 1.82) is 5.26 Å². The summed E-state index contributed by atoms with van der Waals surface area (Å²) in [5.74, 6) is -0.131. The van der Waals surface area contributed by atoms with Crippen molar-refractivity contribution in [3.05, 3.63) is 35.0 Å². The van der Waals surface area contributed by atoms with Gasteiger partial charge in [0.15, 0.2) is 0 Å². The van der Waals surface area contributed by atoms with E-state index in [0.717, 1.165) is 10.2 Å². The molecule has 1 aromatic carbocycles. The molecule has 0 aliphatic rings. The molecule has 86 valence electrons. The lowest BCUT2D eigenvalue weighted by Crippen LogP contribution is -1.99. The number of aliphatic hydroxyl groups is 1. The minimum Gasteiger partial charge on any atom is -0.509 e. The lowest BCUT2D eigenvalue weighted by atomic mass is 10.2. The number of nitrogens with zero attached hydrogens (tertiary/aromatic N) is 2. The zero-order valence-electron chi connectivity index (χ0n) is 9.01. The van der Waals surface area contributed by atoms with Gasteiger partial charge in [-0.2, -0.15) is 5.26 Å². The van der Waals surface area contributed by atoms with Crippen molar-refractivity contribution in [3.63, 3.8) is 0 Å². The van der Waals surface area contributed by atoms with Crippen molar-refractivity contribution in [2.45, 2.75) is 12.3 Å². The molecule has 1 atom stereocenters. The number of rotatable bonds is 2. The van der Waals surface area contributed by atoms with Crippen LogP contribution in [0.5, 0.6) is 0 Å². The molecule has 0 saturated carbocycles. The molecule has 1 heterocycles. The first-order chi connectivity index (χ1) is 8.13. The Balaban J connectivity index is 2.60. The van der Waals surface area contributed by atoms with E-state index in [1.54, 1.807) is 6.92 Å². The molecule has 2 aromatic rings. The summed E-state index contributed by atoms with van der Waals surface area (Å²) in [7, 11) is 0. The molecule has 1 aromatic heterocycles. The molecule has 0 saturated heterocycles. The largest absolute Gasteiger partial charge is 0.509 e. The van der Waals surface area contributed by atoms with E-state index in [-0.39, 0.29) is 11.3 Å². The van der Waals surface area contributed by atoms with Gasteiger partial charge in [-0.3, -0.25) is 0 Å². The Morgan fingerprint density at radius 2 is 2.24 bits per heavy atom. The van der Waals surface area contributed by atoms with Crippen LogP contribution in [0.15, 0.2) is 30.0 Å². The Kier molecular flexibility index (Phi) is 3.32. The predicted molar refractivity (Wildman–Crippen MR) is 70.1 cm³/mol. The summed E-state index contributed by atoms with van der Waals surface area (Å²) in [5.41, 5.74) is 0.962. The van der Waals surface area contributed by atoms with E-state index in [4.69, 9.17) is 16.9 Å². The average Bonchev–Trinajstić information content (AvgIpc) is 2.72. The van der Waals surface area contributed by atoms with E-state index in [1.807, 2.05) is 30.3 Å². The maximum Gasteiger partial charge on any atom is 0.138 e. The first-order valence-corrected chi connectivity index (χ1v) is 6.22. The van der Waals surface area contributed by atoms with E-state index in [0.29, 0.717) is 5.01 Å². The summed E-state index contributed by atoms with van der Waals surface area (Å²) >= 11 is 7.13. The van der Waals surface area contributed by atoms with Gasteiger partial charge in [-0.15, -0.1) is 22.9 Å². The maximum atomic E-state index is 9.76. The lowest BCUT2D eigenvalue weighted by Gasteiger charge is -2.02. The number of halogens is 1. The number of hydrogen-bond acceptors (Lipinski definition) is 4. The summed E-state index contributed by atoms with van der Waals surface area (Å²) in [6.45, 7) is 1.61. The van der Waals surface area contributed by atoms with E-state index in [1.165, 1.54) is 11.3 Å². The Bertz CT molecular complexity index is 592. The number of para-hydroxylation sites is 1. The van der Waals surface area contributed by atoms with Gasteiger partial charge in [-0.05, 0) is 19.1 Å². The highest BCUT2D eigenvalue weighted by atomic mass is 35.5. The second-order valence-electron chi connectivity index (χ2n) is 3.47. The van der Waals surface area contributed by atoms with Gasteiger partial charge in [0.25, 0.3) is 0 Å². The van der Waals surface area contributed by atoms with Crippen molar-refractivity contribution in [2.75, 3.05) is 0 Å². The van der Waals surface area contributed by atoms with Crippen molar-refractivity contribution >= 4 is 38.7 Å². The molecule has 5 heteroatoms. The first-order valence-electron chi connectivity index (χ1n) is 4.96. The zero-order chi connectivity index (χ0) is 12.4. The molecular formula is C12H9ClN2OS. The number of aromatic nitrogens is 1. The molecule has 0 radical (unpaired) electrons. The van der Waals surface area contributed by atoms with E-state index >= 15 is 0 Å². The van der Waals surface area contributed by atoms with Gasteiger partial charge in [-0.1, -0.05) is 12.1 Å². The zero-order valence-corrected chi connectivity index (χ0v) is 10.6. The maximum absolute atomic E-state index is 9.76. The summed E-state index contributed by atoms with van der Waals surface area (Å²) in [6.07, 6.45) is 0. The fraction of sp³-hybridized carbons (Fsp3) is 0.167. The number of benzene rings is 1. The van der Waals surface area contributed by atoms with Crippen LogP contribution in [0.2, 0.25) is 0 Å². The van der Waals surface area contributed by atoms with Crippen LogP contribution in [0.4, 0.5) is 0 Å². The third kappa shape index (κ3) is 2.26. The van der Waals surface area contributed by atoms with Crippen LogP contribution < -0.4 is 0 Å². The number of hydrogen-bond donors (Lipinski definition) is 1. The quantitative estimate of drug-likeness (QED) is 0.511. The van der Waals surface area contributed by atoms with Crippen LogP contribution in [0.1, 0.15) is 11.9 Å².